The third kappa shape index (κ3) is 3.41. The zero-order chi connectivity index (χ0) is 13.1. The minimum atomic E-state index is -3.48. The summed E-state index contributed by atoms with van der Waals surface area (Å²) in [7, 11) is -3.48. The van der Waals surface area contributed by atoms with Crippen LogP contribution in [0.1, 0.15) is 12.0 Å². The van der Waals surface area contributed by atoms with Crippen LogP contribution >= 0.6 is 11.6 Å². The number of hydrogen-bond donors (Lipinski definition) is 0. The van der Waals surface area contributed by atoms with Gasteiger partial charge < -0.3 is 0 Å². The average Bonchev–Trinajstić information content (AvgIpc) is 2.26. The Morgan fingerprint density at radius 1 is 1.41 bits per heavy atom. The molecule has 0 bridgehead atoms. The van der Waals surface area contributed by atoms with Crippen LogP contribution in [0.4, 0.5) is 5.69 Å². The van der Waals surface area contributed by atoms with E-state index in [0.29, 0.717) is 12.0 Å². The van der Waals surface area contributed by atoms with Crippen LogP contribution in [0.25, 0.3) is 0 Å². The highest BCUT2D eigenvalue weighted by molar-refractivity contribution is 7.91. The summed E-state index contributed by atoms with van der Waals surface area (Å²) in [5, 5.41) is 10.7. The van der Waals surface area contributed by atoms with Crippen molar-refractivity contribution < 1.29 is 13.3 Å². The van der Waals surface area contributed by atoms with Crippen LogP contribution in [0.15, 0.2) is 23.1 Å². The molecule has 0 saturated heterocycles. The minimum Gasteiger partial charge on any atom is -0.258 e. The van der Waals surface area contributed by atoms with Crippen LogP contribution in [0.3, 0.4) is 0 Å². The first-order chi connectivity index (χ1) is 7.88. The van der Waals surface area contributed by atoms with Crippen molar-refractivity contribution in [2.45, 2.75) is 18.2 Å². The molecule has 7 heteroatoms. The molecule has 0 saturated carbocycles. The Hall–Kier alpha value is -1.14. The van der Waals surface area contributed by atoms with E-state index in [2.05, 4.69) is 0 Å². The lowest BCUT2D eigenvalue weighted by Crippen LogP contribution is -2.08. The molecule has 17 heavy (non-hydrogen) atoms. The van der Waals surface area contributed by atoms with Gasteiger partial charge in [-0.15, -0.1) is 11.6 Å². The Morgan fingerprint density at radius 2 is 2.06 bits per heavy atom. The molecule has 0 unspecified atom stereocenters. The van der Waals surface area contributed by atoms with Crippen LogP contribution in [0, 0.1) is 17.0 Å². The molecule has 0 amide bonds. The molecule has 0 aliphatic carbocycles. The first-order valence-corrected chi connectivity index (χ1v) is 7.11. The number of benzene rings is 1. The maximum atomic E-state index is 11.8. The summed E-state index contributed by atoms with van der Waals surface area (Å²) in [6, 6.07) is 3.91. The number of rotatable bonds is 5. The lowest BCUT2D eigenvalue weighted by Gasteiger charge is -2.04. The van der Waals surface area contributed by atoms with Crippen molar-refractivity contribution in [3.63, 3.8) is 0 Å². The van der Waals surface area contributed by atoms with E-state index in [-0.39, 0.29) is 22.2 Å². The largest absolute Gasteiger partial charge is 0.273 e. The molecular formula is C10H12ClNO4S. The molecule has 0 aliphatic heterocycles. The monoisotopic (exact) mass is 277 g/mol. The van der Waals surface area contributed by atoms with Crippen molar-refractivity contribution in [2.75, 3.05) is 11.6 Å². The molecule has 0 aromatic heterocycles. The normalized spacial score (nSPS) is 11.4. The highest BCUT2D eigenvalue weighted by Gasteiger charge is 2.19. The maximum Gasteiger partial charge on any atom is 0.273 e. The zero-order valence-corrected chi connectivity index (χ0v) is 10.8. The summed E-state index contributed by atoms with van der Waals surface area (Å²) >= 11 is 5.43. The molecule has 1 aromatic carbocycles. The predicted molar refractivity (Wildman–Crippen MR) is 65.2 cm³/mol. The second-order valence-corrected chi connectivity index (χ2v) is 6.05. The quantitative estimate of drug-likeness (QED) is 0.470. The Kier molecular flexibility index (Phi) is 4.47. The molecule has 0 fully saturated rings. The number of sulfone groups is 1. The molecule has 0 heterocycles. The summed E-state index contributed by atoms with van der Waals surface area (Å²) in [6.07, 6.45) is 0.325. The molecule has 1 aromatic rings. The highest BCUT2D eigenvalue weighted by atomic mass is 35.5. The summed E-state index contributed by atoms with van der Waals surface area (Å²) in [4.78, 5) is 10.1. The van der Waals surface area contributed by atoms with E-state index in [1.807, 2.05) is 0 Å². The molecule has 0 N–H and O–H groups in total. The Labute approximate surface area is 104 Å². The predicted octanol–water partition coefficient (Wildman–Crippen LogP) is 2.31. The van der Waals surface area contributed by atoms with Gasteiger partial charge >= 0.3 is 0 Å². The van der Waals surface area contributed by atoms with E-state index in [9.17, 15) is 18.5 Å². The fourth-order valence-electron chi connectivity index (χ4n) is 1.34. The van der Waals surface area contributed by atoms with Crippen molar-refractivity contribution >= 4 is 27.1 Å². The molecule has 5 nitrogen and oxygen atoms in total. The van der Waals surface area contributed by atoms with Crippen molar-refractivity contribution in [3.05, 3.63) is 33.9 Å². The van der Waals surface area contributed by atoms with Crippen molar-refractivity contribution in [2.24, 2.45) is 0 Å². The number of nitrogens with zero attached hydrogens (tertiary/aromatic N) is 1. The van der Waals surface area contributed by atoms with Gasteiger partial charge in [-0.2, -0.15) is 0 Å². The summed E-state index contributed by atoms with van der Waals surface area (Å²) in [5.41, 5.74) is 0.253. The molecule has 0 spiro atoms. The van der Waals surface area contributed by atoms with Gasteiger partial charge in [0.2, 0.25) is 0 Å². The Morgan fingerprint density at radius 3 is 2.59 bits per heavy atom. The van der Waals surface area contributed by atoms with Crippen LogP contribution < -0.4 is 0 Å². The van der Waals surface area contributed by atoms with Gasteiger partial charge in [0.05, 0.1) is 15.6 Å². The van der Waals surface area contributed by atoms with Crippen molar-refractivity contribution in [3.8, 4) is 0 Å². The van der Waals surface area contributed by atoms with E-state index in [1.54, 1.807) is 6.92 Å². The smallest absolute Gasteiger partial charge is 0.258 e. The number of alkyl halides is 1. The highest BCUT2D eigenvalue weighted by Crippen LogP contribution is 2.23. The van der Waals surface area contributed by atoms with Crippen LogP contribution in [-0.2, 0) is 9.84 Å². The fraction of sp³-hybridized carbons (Fsp3) is 0.400. The van der Waals surface area contributed by atoms with E-state index in [4.69, 9.17) is 11.6 Å². The van der Waals surface area contributed by atoms with Gasteiger partial charge in [0.15, 0.2) is 9.84 Å². The number of hydrogen-bond acceptors (Lipinski definition) is 4. The molecule has 0 radical (unpaired) electrons. The minimum absolute atomic E-state index is 0.0279. The zero-order valence-electron chi connectivity index (χ0n) is 9.22. The van der Waals surface area contributed by atoms with Gasteiger partial charge in [0.1, 0.15) is 0 Å². The van der Waals surface area contributed by atoms with Crippen LogP contribution in [0.5, 0.6) is 0 Å². The van der Waals surface area contributed by atoms with Gasteiger partial charge in [-0.3, -0.25) is 10.1 Å². The van der Waals surface area contributed by atoms with Gasteiger partial charge in [-0.1, -0.05) is 6.07 Å². The van der Waals surface area contributed by atoms with Gasteiger partial charge in [0, 0.05) is 17.5 Å². The Bertz CT molecular complexity index is 527. The number of nitro benzene ring substituents is 1. The lowest BCUT2D eigenvalue weighted by molar-refractivity contribution is -0.385. The standard InChI is InChI=1S/C10H12ClNO4S/c1-8-3-4-9(7-10(8)12(13)14)17(15,16)6-2-5-11/h3-4,7H,2,5-6H2,1H3. The second kappa shape index (κ2) is 5.46. The summed E-state index contributed by atoms with van der Waals surface area (Å²) in [5.74, 6) is 0.143. The molecule has 1 rings (SSSR count). The van der Waals surface area contributed by atoms with Gasteiger partial charge in [-0.25, -0.2) is 8.42 Å². The second-order valence-electron chi connectivity index (χ2n) is 3.57. The lowest BCUT2D eigenvalue weighted by atomic mass is 10.2. The fourth-order valence-corrected chi connectivity index (χ4v) is 2.96. The third-order valence-electron chi connectivity index (χ3n) is 2.28. The van der Waals surface area contributed by atoms with E-state index in [0.717, 1.165) is 6.07 Å². The average molecular weight is 278 g/mol. The number of aryl methyl sites for hydroxylation is 1. The molecule has 0 atom stereocenters. The van der Waals surface area contributed by atoms with Crippen LogP contribution in [0.2, 0.25) is 0 Å². The summed E-state index contributed by atoms with van der Waals surface area (Å²) < 4.78 is 23.6. The summed E-state index contributed by atoms with van der Waals surface area (Å²) in [6.45, 7) is 1.56. The molecule has 94 valence electrons. The van der Waals surface area contributed by atoms with Gasteiger partial charge in [0.25, 0.3) is 5.69 Å². The van der Waals surface area contributed by atoms with E-state index in [1.165, 1.54) is 12.1 Å². The molecule has 0 aliphatic rings. The van der Waals surface area contributed by atoms with E-state index < -0.39 is 14.8 Å². The van der Waals surface area contributed by atoms with Crippen LogP contribution in [-0.4, -0.2) is 25.0 Å². The van der Waals surface area contributed by atoms with Crippen molar-refractivity contribution in [1.29, 1.82) is 0 Å². The Balaban J connectivity index is 3.16. The number of halogens is 1. The number of nitro groups is 1. The van der Waals surface area contributed by atoms with Crippen molar-refractivity contribution in [1.82, 2.24) is 0 Å². The first kappa shape index (κ1) is 13.9. The first-order valence-electron chi connectivity index (χ1n) is 4.92. The molecular weight excluding hydrogens is 266 g/mol. The maximum absolute atomic E-state index is 11.8. The van der Waals surface area contributed by atoms with E-state index >= 15 is 0 Å². The third-order valence-corrected chi connectivity index (χ3v) is 4.35. The topological polar surface area (TPSA) is 77.3 Å². The SMILES string of the molecule is Cc1ccc(S(=O)(=O)CCCCl)cc1[N+](=O)[O-]. The van der Waals surface area contributed by atoms with Gasteiger partial charge in [-0.05, 0) is 19.4 Å².